The summed E-state index contributed by atoms with van der Waals surface area (Å²) in [5.41, 5.74) is 1.94. The van der Waals surface area contributed by atoms with Crippen molar-refractivity contribution in [2.24, 2.45) is 0 Å². The summed E-state index contributed by atoms with van der Waals surface area (Å²) in [5, 5.41) is 13.1. The molecule has 0 saturated carbocycles. The number of carbonyl (C=O) groups excluding carboxylic acids is 2. The normalized spacial score (nSPS) is 20.7. The number of fused-ring (bicyclic) bond motifs is 1. The average molecular weight is 497 g/mol. The van der Waals surface area contributed by atoms with Gasteiger partial charge in [-0.2, -0.15) is 0 Å². The summed E-state index contributed by atoms with van der Waals surface area (Å²) in [7, 11) is 2.87. The third-order valence-corrected chi connectivity index (χ3v) is 6.79. The van der Waals surface area contributed by atoms with E-state index in [-0.39, 0.29) is 17.8 Å². The predicted octanol–water partition coefficient (Wildman–Crippen LogP) is 4.18. The molecule has 2 heterocycles. The van der Waals surface area contributed by atoms with E-state index in [9.17, 15) is 14.7 Å². The van der Waals surface area contributed by atoms with Crippen molar-refractivity contribution >= 4 is 29.7 Å². The number of hydrogen-bond acceptors (Lipinski definition) is 8. The Bertz CT molecular complexity index is 1220. The molecule has 1 amide bonds. The van der Waals surface area contributed by atoms with Crippen LogP contribution < -0.4 is 14.8 Å². The number of ether oxygens (including phenoxy) is 3. The van der Waals surface area contributed by atoms with Crippen molar-refractivity contribution in [1.29, 1.82) is 0 Å². The number of benzene rings is 2. The van der Waals surface area contributed by atoms with Gasteiger partial charge in [0.15, 0.2) is 17.0 Å². The quantitative estimate of drug-likeness (QED) is 0.454. The number of allylic oxidation sites excluding steroid dienone is 1. The van der Waals surface area contributed by atoms with Crippen LogP contribution in [-0.2, 0) is 14.3 Å². The van der Waals surface area contributed by atoms with E-state index < -0.39 is 17.5 Å². The first kappa shape index (κ1) is 24.5. The second kappa shape index (κ2) is 9.95. The van der Waals surface area contributed by atoms with Gasteiger partial charge in [-0.15, -0.1) is 0 Å². The molecule has 1 saturated heterocycles. The van der Waals surface area contributed by atoms with E-state index in [0.29, 0.717) is 38.8 Å². The predicted molar refractivity (Wildman–Crippen MR) is 134 cm³/mol. The first-order valence-electron chi connectivity index (χ1n) is 11.1. The van der Waals surface area contributed by atoms with E-state index in [4.69, 9.17) is 14.2 Å². The third-order valence-electron chi connectivity index (χ3n) is 5.67. The molecule has 2 aromatic carbocycles. The summed E-state index contributed by atoms with van der Waals surface area (Å²) in [4.78, 5) is 28.6. The lowest BCUT2D eigenvalue weighted by Crippen LogP contribution is -2.49. The highest BCUT2D eigenvalue weighted by molar-refractivity contribution is 8.05. The van der Waals surface area contributed by atoms with Gasteiger partial charge in [-0.3, -0.25) is 9.69 Å². The zero-order valence-electron chi connectivity index (χ0n) is 20.2. The molecule has 2 unspecified atom stereocenters. The minimum atomic E-state index is -0.703. The summed E-state index contributed by atoms with van der Waals surface area (Å²) in [5.74, 6) is 0.427. The molecule has 0 aliphatic carbocycles. The molecule has 1 fully saturated rings. The minimum absolute atomic E-state index is 0.0486. The van der Waals surface area contributed by atoms with Crippen molar-refractivity contribution in [2.75, 3.05) is 14.2 Å². The van der Waals surface area contributed by atoms with Gasteiger partial charge in [-0.25, -0.2) is 4.79 Å². The fourth-order valence-electron chi connectivity index (χ4n) is 4.19. The summed E-state index contributed by atoms with van der Waals surface area (Å²) >= 11 is 1.35. The monoisotopic (exact) mass is 496 g/mol. The standard InChI is InChI=1S/C26H28N2O6S/c1-14(2)34-19-10-9-17(13-20(19)32-4)23-22(25(31)33-5)15(3)27-26-28(23)24(30)21(35-26)12-16-7-6-8-18(29)11-16/h6-14,23,26-27,29H,1-5H3. The summed E-state index contributed by atoms with van der Waals surface area (Å²) in [6.07, 6.45) is 1.68. The second-order valence-corrected chi connectivity index (χ2v) is 9.56. The van der Waals surface area contributed by atoms with Crippen LogP contribution in [0.25, 0.3) is 6.08 Å². The molecule has 4 rings (SSSR count). The highest BCUT2D eigenvalue weighted by atomic mass is 32.2. The number of hydrogen-bond donors (Lipinski definition) is 2. The highest BCUT2D eigenvalue weighted by Crippen LogP contribution is 2.47. The number of amides is 1. The lowest BCUT2D eigenvalue weighted by atomic mass is 9.93. The van der Waals surface area contributed by atoms with Gasteiger partial charge < -0.3 is 24.6 Å². The van der Waals surface area contributed by atoms with Crippen LogP contribution >= 0.6 is 11.8 Å². The Balaban J connectivity index is 1.80. The summed E-state index contributed by atoms with van der Waals surface area (Å²) in [6, 6.07) is 11.4. The van der Waals surface area contributed by atoms with Crippen LogP contribution in [0.3, 0.4) is 0 Å². The Morgan fingerprint density at radius 2 is 1.94 bits per heavy atom. The molecule has 0 spiro atoms. The maximum atomic E-state index is 13.6. The van der Waals surface area contributed by atoms with E-state index >= 15 is 0 Å². The maximum Gasteiger partial charge on any atom is 0.337 e. The van der Waals surface area contributed by atoms with E-state index in [1.807, 2.05) is 26.0 Å². The molecule has 2 atom stereocenters. The number of phenolic OH excluding ortho intramolecular Hbond substituents is 1. The molecule has 35 heavy (non-hydrogen) atoms. The number of phenols is 1. The number of rotatable bonds is 6. The zero-order chi connectivity index (χ0) is 25.3. The zero-order valence-corrected chi connectivity index (χ0v) is 21.0. The van der Waals surface area contributed by atoms with Crippen LogP contribution in [0.5, 0.6) is 17.2 Å². The lowest BCUT2D eigenvalue weighted by molar-refractivity contribution is -0.138. The van der Waals surface area contributed by atoms with E-state index in [1.165, 1.54) is 18.9 Å². The molecule has 2 aliphatic rings. The van der Waals surface area contributed by atoms with Gasteiger partial charge >= 0.3 is 5.97 Å². The number of aromatic hydroxyl groups is 1. The number of esters is 1. The van der Waals surface area contributed by atoms with Crippen LogP contribution in [0.2, 0.25) is 0 Å². The number of nitrogens with zero attached hydrogens (tertiary/aromatic N) is 1. The molecular formula is C26H28N2O6S. The van der Waals surface area contributed by atoms with Crippen LogP contribution in [-0.4, -0.2) is 47.7 Å². The lowest BCUT2D eigenvalue weighted by Gasteiger charge is -2.39. The molecule has 8 nitrogen and oxygen atoms in total. The number of thioether (sulfide) groups is 1. The van der Waals surface area contributed by atoms with Gasteiger partial charge in [-0.05, 0) is 62.2 Å². The van der Waals surface area contributed by atoms with Crippen LogP contribution in [0.15, 0.2) is 58.6 Å². The SMILES string of the molecule is COC(=O)C1=C(C)NC2SC(=Cc3cccc(O)c3)C(=O)N2C1c1ccc(OC(C)C)c(OC)c1. The largest absolute Gasteiger partial charge is 0.508 e. The van der Waals surface area contributed by atoms with Crippen molar-refractivity contribution < 1.29 is 28.9 Å². The maximum absolute atomic E-state index is 13.6. The van der Waals surface area contributed by atoms with Crippen LogP contribution in [0, 0.1) is 0 Å². The Kier molecular flexibility index (Phi) is 6.98. The molecule has 9 heteroatoms. The van der Waals surface area contributed by atoms with Crippen molar-refractivity contribution in [3.05, 3.63) is 69.8 Å². The topological polar surface area (TPSA) is 97.3 Å². The number of methoxy groups -OCH3 is 2. The Labute approximate surface area is 208 Å². The minimum Gasteiger partial charge on any atom is -0.508 e. The molecule has 0 bridgehead atoms. The van der Waals surface area contributed by atoms with Gasteiger partial charge in [-0.1, -0.05) is 30.0 Å². The van der Waals surface area contributed by atoms with Crippen molar-refractivity contribution in [1.82, 2.24) is 10.2 Å². The Morgan fingerprint density at radius 1 is 1.17 bits per heavy atom. The molecule has 2 aromatic rings. The molecule has 0 aromatic heterocycles. The van der Waals surface area contributed by atoms with Gasteiger partial charge in [0.2, 0.25) is 0 Å². The Hall–Kier alpha value is -3.59. The number of nitrogens with one attached hydrogen (secondary N) is 1. The first-order chi connectivity index (χ1) is 16.7. The summed E-state index contributed by atoms with van der Waals surface area (Å²) < 4.78 is 16.5. The smallest absolute Gasteiger partial charge is 0.337 e. The fourth-order valence-corrected chi connectivity index (χ4v) is 5.41. The van der Waals surface area contributed by atoms with E-state index in [1.54, 1.807) is 55.3 Å². The average Bonchev–Trinajstić information content (AvgIpc) is 3.12. The molecular weight excluding hydrogens is 468 g/mol. The van der Waals surface area contributed by atoms with E-state index in [2.05, 4.69) is 5.32 Å². The first-order valence-corrected chi connectivity index (χ1v) is 12.0. The van der Waals surface area contributed by atoms with Crippen molar-refractivity contribution in [3.8, 4) is 17.2 Å². The van der Waals surface area contributed by atoms with Gasteiger partial charge in [0.05, 0.1) is 36.8 Å². The molecule has 0 radical (unpaired) electrons. The summed E-state index contributed by atoms with van der Waals surface area (Å²) in [6.45, 7) is 5.64. The van der Waals surface area contributed by atoms with Gasteiger partial charge in [0.25, 0.3) is 5.91 Å². The highest BCUT2D eigenvalue weighted by Gasteiger charge is 2.48. The van der Waals surface area contributed by atoms with Crippen LogP contribution in [0.4, 0.5) is 0 Å². The number of carbonyl (C=O) groups is 2. The van der Waals surface area contributed by atoms with Gasteiger partial charge in [0, 0.05) is 5.70 Å². The van der Waals surface area contributed by atoms with E-state index in [0.717, 1.165) is 0 Å². The molecule has 2 aliphatic heterocycles. The molecule has 184 valence electrons. The second-order valence-electron chi connectivity index (χ2n) is 8.44. The van der Waals surface area contributed by atoms with Crippen molar-refractivity contribution in [2.45, 2.75) is 38.4 Å². The van der Waals surface area contributed by atoms with Crippen LogP contribution in [0.1, 0.15) is 37.9 Å². The third kappa shape index (κ3) is 4.81. The molecule has 2 N–H and O–H groups in total. The van der Waals surface area contributed by atoms with Crippen molar-refractivity contribution in [3.63, 3.8) is 0 Å². The Morgan fingerprint density at radius 3 is 2.60 bits per heavy atom. The fraction of sp³-hybridized carbons (Fsp3) is 0.308. The van der Waals surface area contributed by atoms with Gasteiger partial charge in [0.1, 0.15) is 5.75 Å².